The number of pyridine rings is 1. The molecule has 0 amide bonds. The second-order valence-electron chi connectivity index (χ2n) is 8.40. The van der Waals surface area contributed by atoms with E-state index in [2.05, 4.69) is 20.1 Å². The number of anilines is 3. The molecular weight excluding hydrogens is 452 g/mol. The van der Waals surface area contributed by atoms with Crippen molar-refractivity contribution in [1.82, 2.24) is 15.0 Å². The molecular formula is C24H30N6O5. The van der Waals surface area contributed by atoms with Crippen molar-refractivity contribution >= 4 is 23.7 Å². The van der Waals surface area contributed by atoms with Gasteiger partial charge >= 0.3 is 6.16 Å². The van der Waals surface area contributed by atoms with Crippen molar-refractivity contribution in [3.8, 4) is 0 Å². The molecule has 35 heavy (non-hydrogen) atoms. The van der Waals surface area contributed by atoms with Crippen molar-refractivity contribution in [3.05, 3.63) is 47.1 Å². The number of hydrogen-bond donors (Lipinski definition) is 1. The van der Waals surface area contributed by atoms with Crippen molar-refractivity contribution < 1.29 is 23.7 Å². The van der Waals surface area contributed by atoms with Crippen LogP contribution >= 0.6 is 0 Å². The van der Waals surface area contributed by atoms with Crippen molar-refractivity contribution in [2.45, 2.75) is 19.8 Å². The molecule has 1 N–H and O–H groups in total. The predicted molar refractivity (Wildman–Crippen MR) is 129 cm³/mol. The summed E-state index contributed by atoms with van der Waals surface area (Å²) in [6, 6.07) is 5.69. The van der Waals surface area contributed by atoms with Crippen LogP contribution in [0.3, 0.4) is 0 Å². The van der Waals surface area contributed by atoms with Gasteiger partial charge in [0.1, 0.15) is 17.4 Å². The quantitative estimate of drug-likeness (QED) is 0.635. The number of nitrogens with zero attached hydrogens (tertiary/aromatic N) is 5. The van der Waals surface area contributed by atoms with Crippen LogP contribution < -0.4 is 15.1 Å². The molecule has 2 aromatic rings. The van der Waals surface area contributed by atoms with Crippen LogP contribution in [0.2, 0.25) is 0 Å². The predicted octanol–water partition coefficient (Wildman–Crippen LogP) is 2.51. The summed E-state index contributed by atoms with van der Waals surface area (Å²) in [7, 11) is 0. The number of fused-ring (bicyclic) bond motifs is 1. The van der Waals surface area contributed by atoms with Gasteiger partial charge in [0.05, 0.1) is 55.9 Å². The second-order valence-corrected chi connectivity index (χ2v) is 8.40. The van der Waals surface area contributed by atoms with Crippen LogP contribution in [0.25, 0.3) is 0 Å². The molecule has 2 saturated heterocycles. The van der Waals surface area contributed by atoms with Gasteiger partial charge in [0, 0.05) is 32.4 Å². The van der Waals surface area contributed by atoms with E-state index in [1.54, 1.807) is 13.1 Å². The van der Waals surface area contributed by atoms with E-state index in [1.807, 2.05) is 25.1 Å². The van der Waals surface area contributed by atoms with Gasteiger partial charge in [0.15, 0.2) is 0 Å². The smallest absolute Gasteiger partial charge is 0.434 e. The Kier molecular flexibility index (Phi) is 6.96. The largest absolute Gasteiger partial charge is 0.513 e. The van der Waals surface area contributed by atoms with Gasteiger partial charge in [-0.2, -0.15) is 9.97 Å². The average molecular weight is 483 g/mol. The van der Waals surface area contributed by atoms with Crippen LogP contribution in [0.1, 0.15) is 31.0 Å². The molecule has 1 unspecified atom stereocenters. The van der Waals surface area contributed by atoms with Gasteiger partial charge in [-0.25, -0.2) is 4.79 Å². The fourth-order valence-electron chi connectivity index (χ4n) is 4.52. The number of carbonyl (C=O) groups excluding carboxylic acids is 1. The summed E-state index contributed by atoms with van der Waals surface area (Å²) < 4.78 is 22.0. The third-order valence-electron chi connectivity index (χ3n) is 6.18. The fraction of sp³-hybridized carbons (Fsp3) is 0.500. The van der Waals surface area contributed by atoms with E-state index in [0.717, 1.165) is 30.2 Å². The maximum Gasteiger partial charge on any atom is 0.513 e. The number of ether oxygens (including phenoxy) is 4. The first-order valence-corrected chi connectivity index (χ1v) is 12.0. The van der Waals surface area contributed by atoms with Crippen LogP contribution in [0, 0.1) is 0 Å². The Morgan fingerprint density at radius 1 is 1.09 bits per heavy atom. The monoisotopic (exact) mass is 482 g/mol. The highest BCUT2D eigenvalue weighted by atomic mass is 16.7. The van der Waals surface area contributed by atoms with Gasteiger partial charge in [-0.3, -0.25) is 4.98 Å². The average Bonchev–Trinajstić information content (AvgIpc) is 2.90. The van der Waals surface area contributed by atoms with Crippen LogP contribution in [-0.2, 0) is 18.9 Å². The van der Waals surface area contributed by atoms with E-state index in [4.69, 9.17) is 28.9 Å². The molecule has 5 rings (SSSR count). The highest BCUT2D eigenvalue weighted by Gasteiger charge is 2.38. The molecule has 11 heteroatoms. The molecule has 0 saturated carbocycles. The minimum absolute atomic E-state index is 0.217. The highest BCUT2D eigenvalue weighted by molar-refractivity contribution is 5.73. The molecule has 186 valence electrons. The van der Waals surface area contributed by atoms with E-state index in [9.17, 15) is 4.79 Å². The summed E-state index contributed by atoms with van der Waals surface area (Å²) in [6.45, 7) is 9.12. The van der Waals surface area contributed by atoms with Crippen LogP contribution in [-0.4, -0.2) is 80.3 Å². The SMILES string of the molecule is CCOC(=O)OC1=C(C)Nc2nc(N3CCOCC3)nc(N3CCOCC3)c2C1c1ccccn1. The first-order valence-electron chi connectivity index (χ1n) is 12.0. The molecule has 3 aliphatic heterocycles. The lowest BCUT2D eigenvalue weighted by atomic mass is 9.89. The lowest BCUT2D eigenvalue weighted by Gasteiger charge is -2.36. The number of rotatable bonds is 5. The molecule has 0 aromatic carbocycles. The van der Waals surface area contributed by atoms with Gasteiger partial charge in [-0.15, -0.1) is 0 Å². The highest BCUT2D eigenvalue weighted by Crippen LogP contribution is 2.45. The first kappa shape index (κ1) is 23.3. The van der Waals surface area contributed by atoms with E-state index in [-0.39, 0.29) is 6.61 Å². The summed E-state index contributed by atoms with van der Waals surface area (Å²) >= 11 is 0. The van der Waals surface area contributed by atoms with Gasteiger partial charge in [-0.1, -0.05) is 6.07 Å². The Balaban J connectivity index is 1.66. The maximum absolute atomic E-state index is 12.4. The first-order chi connectivity index (χ1) is 17.2. The molecule has 0 spiro atoms. The summed E-state index contributed by atoms with van der Waals surface area (Å²) in [4.78, 5) is 31.3. The van der Waals surface area contributed by atoms with E-state index < -0.39 is 12.1 Å². The number of morpholine rings is 2. The topological polar surface area (TPSA) is 111 Å². The Morgan fingerprint density at radius 2 is 1.80 bits per heavy atom. The number of nitrogens with one attached hydrogen (secondary N) is 1. The zero-order chi connectivity index (χ0) is 24.2. The minimum atomic E-state index is -0.758. The summed E-state index contributed by atoms with van der Waals surface area (Å²) in [5.74, 6) is 2.02. The lowest BCUT2D eigenvalue weighted by Crippen LogP contribution is -2.41. The molecule has 2 aromatic heterocycles. The Morgan fingerprint density at radius 3 is 2.46 bits per heavy atom. The number of aromatic nitrogens is 3. The lowest BCUT2D eigenvalue weighted by molar-refractivity contribution is 0.0776. The molecule has 0 radical (unpaired) electrons. The van der Waals surface area contributed by atoms with Crippen molar-refractivity contribution in [2.24, 2.45) is 0 Å². The Bertz CT molecular complexity index is 1080. The standard InChI is InChI=1S/C24H30N6O5/c1-3-34-24(31)35-20-16(2)26-21-19(18(20)17-6-4-5-7-25-17)22(29-8-12-32-13-9-29)28-23(27-21)30-10-14-33-15-11-30/h4-7,18H,3,8-15H2,1-2H3,(H,26,27,28). The molecule has 0 aliphatic carbocycles. The van der Waals surface area contributed by atoms with Crippen molar-refractivity contribution in [3.63, 3.8) is 0 Å². The Labute approximate surface area is 204 Å². The zero-order valence-electron chi connectivity index (χ0n) is 20.0. The summed E-state index contributed by atoms with van der Waals surface area (Å²) in [5.41, 5.74) is 2.21. The molecule has 3 aliphatic rings. The third-order valence-corrected chi connectivity index (χ3v) is 6.18. The second kappa shape index (κ2) is 10.4. The molecule has 2 fully saturated rings. The maximum atomic E-state index is 12.4. The molecule has 5 heterocycles. The van der Waals surface area contributed by atoms with Gasteiger partial charge in [-0.05, 0) is 26.0 Å². The minimum Gasteiger partial charge on any atom is -0.434 e. The van der Waals surface area contributed by atoms with Crippen molar-refractivity contribution in [2.75, 3.05) is 74.3 Å². The van der Waals surface area contributed by atoms with E-state index in [0.29, 0.717) is 62.7 Å². The summed E-state index contributed by atoms with van der Waals surface area (Å²) in [5, 5.41) is 3.37. The molecule has 0 bridgehead atoms. The zero-order valence-corrected chi connectivity index (χ0v) is 20.0. The van der Waals surface area contributed by atoms with Crippen molar-refractivity contribution in [1.29, 1.82) is 0 Å². The van der Waals surface area contributed by atoms with Gasteiger partial charge in [0.25, 0.3) is 0 Å². The number of allylic oxidation sites excluding steroid dienone is 2. The molecule has 1 atom stereocenters. The molecule has 11 nitrogen and oxygen atoms in total. The fourth-order valence-corrected chi connectivity index (χ4v) is 4.52. The third kappa shape index (κ3) is 4.87. The number of carbonyl (C=O) groups is 1. The normalized spacial score (nSPS) is 20.2. The van der Waals surface area contributed by atoms with Crippen LogP contribution in [0.5, 0.6) is 0 Å². The summed E-state index contributed by atoms with van der Waals surface area (Å²) in [6.07, 6.45) is 0.970. The van der Waals surface area contributed by atoms with Gasteiger partial charge in [0.2, 0.25) is 5.95 Å². The van der Waals surface area contributed by atoms with E-state index in [1.165, 1.54) is 0 Å². The van der Waals surface area contributed by atoms with Crippen LogP contribution in [0.4, 0.5) is 22.4 Å². The Hall–Kier alpha value is -3.44. The van der Waals surface area contributed by atoms with Crippen LogP contribution in [0.15, 0.2) is 35.9 Å². The number of hydrogen-bond acceptors (Lipinski definition) is 11. The van der Waals surface area contributed by atoms with Gasteiger partial charge < -0.3 is 34.1 Å². The van der Waals surface area contributed by atoms with E-state index >= 15 is 0 Å².